The molecule has 33 heavy (non-hydrogen) atoms. The van der Waals surface area contributed by atoms with Crippen LogP contribution in [0.2, 0.25) is 5.02 Å². The molecule has 3 aliphatic carbocycles. The van der Waals surface area contributed by atoms with Crippen molar-refractivity contribution in [2.45, 2.75) is 49.3 Å². The molecule has 2 aromatic carbocycles. The van der Waals surface area contributed by atoms with Crippen LogP contribution in [0.15, 0.2) is 48.5 Å². The Kier molecular flexibility index (Phi) is 6.76. The van der Waals surface area contributed by atoms with E-state index in [9.17, 15) is 19.1 Å². The zero-order chi connectivity index (χ0) is 23.5. The second-order valence-electron chi connectivity index (χ2n) is 8.74. The third-order valence-electron chi connectivity index (χ3n) is 6.48. The predicted octanol–water partition coefficient (Wildman–Crippen LogP) is 2.99. The summed E-state index contributed by atoms with van der Waals surface area (Å²) in [6.07, 6.45) is 1.89. The second kappa shape index (κ2) is 9.57. The lowest BCUT2D eigenvalue weighted by Crippen LogP contribution is -2.70. The number of hydrogen-bond donors (Lipinski definition) is 3. The van der Waals surface area contributed by atoms with Crippen LogP contribution in [-0.2, 0) is 9.59 Å². The Bertz CT molecular complexity index is 991. The number of hydrogen-bond acceptors (Lipinski definition) is 5. The molecule has 7 nitrogen and oxygen atoms in total. The molecule has 176 valence electrons. The molecule has 0 aromatic heterocycles. The molecule has 0 spiro atoms. The molecule has 3 fully saturated rings. The van der Waals surface area contributed by atoms with Gasteiger partial charge in [-0.2, -0.15) is 0 Å². The van der Waals surface area contributed by atoms with E-state index in [1.54, 1.807) is 24.3 Å². The minimum atomic E-state index is -0.799. The average molecular weight is 477 g/mol. The van der Waals surface area contributed by atoms with Crippen LogP contribution >= 0.6 is 11.6 Å². The van der Waals surface area contributed by atoms with E-state index >= 15 is 0 Å². The molecule has 2 amide bonds. The van der Waals surface area contributed by atoms with E-state index in [1.807, 2.05) is 0 Å². The molecule has 0 aliphatic heterocycles. The number of fused-ring (bicyclic) bond motifs is 3. The molecule has 0 unspecified atom stereocenters. The van der Waals surface area contributed by atoms with E-state index in [2.05, 4.69) is 10.6 Å². The molecule has 9 heteroatoms. The van der Waals surface area contributed by atoms with Crippen molar-refractivity contribution in [1.82, 2.24) is 10.6 Å². The molecule has 0 radical (unpaired) electrons. The summed E-state index contributed by atoms with van der Waals surface area (Å²) in [5.74, 6) is -0.0646. The van der Waals surface area contributed by atoms with Gasteiger partial charge in [0.1, 0.15) is 17.3 Å². The maximum atomic E-state index is 13.0. The maximum absolute atomic E-state index is 13.0. The minimum absolute atomic E-state index is 0.137. The van der Waals surface area contributed by atoms with Crippen molar-refractivity contribution >= 4 is 23.4 Å². The second-order valence-corrected chi connectivity index (χ2v) is 9.17. The van der Waals surface area contributed by atoms with Crippen molar-refractivity contribution < 1.29 is 28.6 Å². The summed E-state index contributed by atoms with van der Waals surface area (Å²) in [6.45, 7) is -0.369. The number of nitrogens with one attached hydrogen (secondary N) is 2. The van der Waals surface area contributed by atoms with Gasteiger partial charge in [-0.15, -0.1) is 0 Å². The van der Waals surface area contributed by atoms with Gasteiger partial charge in [-0.05, 0) is 80.6 Å². The Labute approximate surface area is 196 Å². The summed E-state index contributed by atoms with van der Waals surface area (Å²) >= 11 is 5.85. The van der Waals surface area contributed by atoms with Crippen molar-refractivity contribution in [2.24, 2.45) is 0 Å². The molecule has 3 N–H and O–H groups in total. The van der Waals surface area contributed by atoms with Crippen LogP contribution in [0.1, 0.15) is 32.1 Å². The molecule has 3 aliphatic rings. The highest BCUT2D eigenvalue weighted by atomic mass is 35.5. The van der Waals surface area contributed by atoms with Crippen LogP contribution in [0, 0.1) is 5.82 Å². The highest BCUT2D eigenvalue weighted by molar-refractivity contribution is 6.30. The molecule has 2 aromatic rings. The molecule has 5 rings (SSSR count). The standard InChI is InChI=1S/C24H26ClFN2O5/c25-16-1-5-18(6-2-16)32-14-21(30)27-23-9-11-24(12-10-23,20(29)13-23)28-22(31)15-33-19-7-3-17(26)4-8-19/h1-8,20,29H,9-15H2,(H,27,30)(H,28,31)/t20-,23?,24?/m1/s1. The van der Waals surface area contributed by atoms with Crippen molar-refractivity contribution in [3.8, 4) is 11.5 Å². The average Bonchev–Trinajstić information content (AvgIpc) is 2.79. The monoisotopic (exact) mass is 476 g/mol. The largest absolute Gasteiger partial charge is 0.484 e. The van der Waals surface area contributed by atoms with Gasteiger partial charge in [0.25, 0.3) is 11.8 Å². The quantitative estimate of drug-likeness (QED) is 0.544. The molecular weight excluding hydrogens is 451 g/mol. The summed E-state index contributed by atoms with van der Waals surface area (Å²) in [4.78, 5) is 24.9. The summed E-state index contributed by atoms with van der Waals surface area (Å²) in [5.41, 5.74) is -1.26. The smallest absolute Gasteiger partial charge is 0.258 e. The van der Waals surface area contributed by atoms with Gasteiger partial charge in [0.15, 0.2) is 13.2 Å². The third-order valence-corrected chi connectivity index (χ3v) is 6.73. The van der Waals surface area contributed by atoms with Crippen LogP contribution in [0.5, 0.6) is 11.5 Å². The first kappa shape index (κ1) is 23.3. The number of aliphatic hydroxyl groups is 1. The van der Waals surface area contributed by atoms with Gasteiger partial charge >= 0.3 is 0 Å². The van der Waals surface area contributed by atoms with Crippen LogP contribution in [0.3, 0.4) is 0 Å². The Morgan fingerprint density at radius 1 is 0.909 bits per heavy atom. The number of benzene rings is 2. The van der Waals surface area contributed by atoms with Gasteiger partial charge in [0.2, 0.25) is 0 Å². The fraction of sp³-hybridized carbons (Fsp3) is 0.417. The van der Waals surface area contributed by atoms with Gasteiger partial charge < -0.3 is 25.2 Å². The SMILES string of the molecule is O=C(COc1ccc(Cl)cc1)NC12CCC(NC(=O)COc3ccc(F)cc3)(CC1)[C@H](O)C2. The van der Waals surface area contributed by atoms with Gasteiger partial charge in [-0.1, -0.05) is 11.6 Å². The normalized spacial score (nSPS) is 25.8. The van der Waals surface area contributed by atoms with E-state index in [-0.39, 0.29) is 30.8 Å². The van der Waals surface area contributed by atoms with Crippen molar-refractivity contribution in [3.05, 3.63) is 59.4 Å². The first-order chi connectivity index (χ1) is 15.8. The van der Waals surface area contributed by atoms with E-state index in [1.165, 1.54) is 24.3 Å². The zero-order valence-electron chi connectivity index (χ0n) is 18.0. The van der Waals surface area contributed by atoms with Gasteiger partial charge in [-0.25, -0.2) is 4.39 Å². The lowest BCUT2D eigenvalue weighted by molar-refractivity contribution is -0.137. The zero-order valence-corrected chi connectivity index (χ0v) is 18.7. The van der Waals surface area contributed by atoms with E-state index in [0.29, 0.717) is 48.6 Å². The number of halogens is 2. The van der Waals surface area contributed by atoms with Crippen LogP contribution < -0.4 is 20.1 Å². The Hall–Kier alpha value is -2.84. The summed E-state index contributed by atoms with van der Waals surface area (Å²) in [5, 5.41) is 17.4. The highest BCUT2D eigenvalue weighted by Crippen LogP contribution is 2.47. The molecular formula is C24H26ClFN2O5. The number of carbonyl (C=O) groups is 2. The van der Waals surface area contributed by atoms with Gasteiger partial charge in [-0.3, -0.25) is 9.59 Å². The lowest BCUT2D eigenvalue weighted by Gasteiger charge is -2.56. The van der Waals surface area contributed by atoms with Crippen LogP contribution in [0.25, 0.3) is 0 Å². The minimum Gasteiger partial charge on any atom is -0.484 e. The molecule has 3 saturated carbocycles. The summed E-state index contributed by atoms with van der Waals surface area (Å²) in [7, 11) is 0. The van der Waals surface area contributed by atoms with Gasteiger partial charge in [0, 0.05) is 10.6 Å². The number of carbonyl (C=O) groups excluding carboxylic acids is 2. The molecule has 2 bridgehead atoms. The maximum Gasteiger partial charge on any atom is 0.258 e. The number of amides is 2. The Morgan fingerprint density at radius 2 is 1.42 bits per heavy atom. The van der Waals surface area contributed by atoms with Gasteiger partial charge in [0.05, 0.1) is 11.6 Å². The highest BCUT2D eigenvalue weighted by Gasteiger charge is 2.55. The Balaban J connectivity index is 1.27. The van der Waals surface area contributed by atoms with Crippen molar-refractivity contribution in [1.29, 1.82) is 0 Å². The molecule has 1 atom stereocenters. The summed E-state index contributed by atoms with van der Waals surface area (Å²) < 4.78 is 23.9. The topological polar surface area (TPSA) is 96.9 Å². The fourth-order valence-corrected chi connectivity index (χ4v) is 4.79. The third kappa shape index (κ3) is 5.57. The molecule has 0 heterocycles. The van der Waals surface area contributed by atoms with Crippen LogP contribution in [0.4, 0.5) is 4.39 Å². The lowest BCUT2D eigenvalue weighted by atomic mass is 9.60. The number of ether oxygens (including phenoxy) is 2. The van der Waals surface area contributed by atoms with Crippen molar-refractivity contribution in [3.63, 3.8) is 0 Å². The van der Waals surface area contributed by atoms with E-state index < -0.39 is 17.2 Å². The number of rotatable bonds is 8. The van der Waals surface area contributed by atoms with E-state index in [4.69, 9.17) is 21.1 Å². The predicted molar refractivity (Wildman–Crippen MR) is 120 cm³/mol. The van der Waals surface area contributed by atoms with Crippen LogP contribution in [-0.4, -0.2) is 47.3 Å². The number of aliphatic hydroxyl groups excluding tert-OH is 1. The fourth-order valence-electron chi connectivity index (χ4n) is 4.67. The molecule has 0 saturated heterocycles. The van der Waals surface area contributed by atoms with E-state index in [0.717, 1.165) is 0 Å². The Morgan fingerprint density at radius 3 is 1.97 bits per heavy atom. The first-order valence-electron chi connectivity index (χ1n) is 10.8. The summed E-state index contributed by atoms with van der Waals surface area (Å²) in [6, 6.07) is 12.2. The first-order valence-corrected chi connectivity index (χ1v) is 11.2. The van der Waals surface area contributed by atoms with Crippen molar-refractivity contribution in [2.75, 3.05) is 13.2 Å².